The molecule has 0 spiro atoms. The van der Waals surface area contributed by atoms with Gasteiger partial charge in [0.2, 0.25) is 0 Å². The van der Waals surface area contributed by atoms with E-state index in [-0.39, 0.29) is 12.4 Å². The van der Waals surface area contributed by atoms with Crippen LogP contribution >= 0.6 is 12.4 Å². The molecule has 1 aromatic carbocycles. The highest BCUT2D eigenvalue weighted by Gasteiger charge is 2.36. The van der Waals surface area contributed by atoms with Gasteiger partial charge in [0.25, 0.3) is 5.89 Å². The molecule has 0 aliphatic heterocycles. The Balaban J connectivity index is 0.00000156. The Labute approximate surface area is 139 Å². The van der Waals surface area contributed by atoms with Crippen molar-refractivity contribution in [3.05, 3.63) is 42.7 Å². The van der Waals surface area contributed by atoms with Gasteiger partial charge in [-0.15, -0.1) is 22.6 Å². The molecule has 8 heteroatoms. The van der Waals surface area contributed by atoms with Crippen LogP contribution in [0.25, 0.3) is 17.1 Å². The summed E-state index contributed by atoms with van der Waals surface area (Å²) in [6, 6.07) is 7.78. The Kier molecular flexibility index (Phi) is 4.14. The molecule has 1 aliphatic carbocycles. The number of hydrogen-bond donors (Lipinski definition) is 1. The van der Waals surface area contributed by atoms with Gasteiger partial charge in [-0.2, -0.15) is 4.98 Å². The molecule has 0 bridgehead atoms. The van der Waals surface area contributed by atoms with Crippen molar-refractivity contribution in [1.29, 1.82) is 0 Å². The largest absolute Gasteiger partial charge is 0.334 e. The monoisotopic (exact) mass is 332 g/mol. The van der Waals surface area contributed by atoms with Crippen LogP contribution in [0.2, 0.25) is 0 Å². The predicted octanol–water partition coefficient (Wildman–Crippen LogP) is 2.47. The SMILES string of the molecule is Cl.NC1(c2noc(-c3ccc(-n4cnnc4)cc3)n2)CCCC1. The fourth-order valence-electron chi connectivity index (χ4n) is 2.88. The van der Waals surface area contributed by atoms with Crippen molar-refractivity contribution in [2.45, 2.75) is 31.2 Å². The molecule has 23 heavy (non-hydrogen) atoms. The molecule has 0 atom stereocenters. The highest BCUT2D eigenvalue weighted by atomic mass is 35.5. The first-order valence-corrected chi connectivity index (χ1v) is 7.33. The van der Waals surface area contributed by atoms with E-state index in [1.54, 1.807) is 12.7 Å². The molecule has 4 rings (SSSR count). The van der Waals surface area contributed by atoms with Gasteiger partial charge in [0.05, 0.1) is 5.54 Å². The molecule has 2 heterocycles. The Morgan fingerprint density at radius 1 is 1.04 bits per heavy atom. The molecule has 7 nitrogen and oxygen atoms in total. The van der Waals surface area contributed by atoms with Crippen LogP contribution in [0.4, 0.5) is 0 Å². The first-order valence-electron chi connectivity index (χ1n) is 7.33. The third kappa shape index (κ3) is 2.85. The molecule has 2 N–H and O–H groups in total. The highest BCUT2D eigenvalue weighted by Crippen LogP contribution is 2.35. The summed E-state index contributed by atoms with van der Waals surface area (Å²) >= 11 is 0. The van der Waals surface area contributed by atoms with Gasteiger partial charge in [-0.05, 0) is 37.1 Å². The molecule has 0 unspecified atom stereocenters. The lowest BCUT2D eigenvalue weighted by atomic mass is 9.99. The zero-order valence-corrected chi connectivity index (χ0v) is 13.2. The summed E-state index contributed by atoms with van der Waals surface area (Å²) in [5.41, 5.74) is 7.78. The Morgan fingerprint density at radius 2 is 1.70 bits per heavy atom. The minimum Gasteiger partial charge on any atom is -0.334 e. The van der Waals surface area contributed by atoms with E-state index >= 15 is 0 Å². The minimum absolute atomic E-state index is 0. The summed E-state index contributed by atoms with van der Waals surface area (Å²) in [6.07, 6.45) is 7.37. The molecule has 1 aliphatic rings. The van der Waals surface area contributed by atoms with Crippen molar-refractivity contribution in [2.24, 2.45) is 5.73 Å². The van der Waals surface area contributed by atoms with Crippen molar-refractivity contribution >= 4 is 12.4 Å². The summed E-state index contributed by atoms with van der Waals surface area (Å²) in [7, 11) is 0. The standard InChI is InChI=1S/C15H16N6O.ClH/c16-15(7-1-2-8-15)14-19-13(22-20-14)11-3-5-12(6-4-11)21-9-17-18-10-21;/h3-6,9-10H,1-2,7-8,16H2;1H. The van der Waals surface area contributed by atoms with Crippen molar-refractivity contribution in [3.63, 3.8) is 0 Å². The fraction of sp³-hybridized carbons (Fsp3) is 0.333. The van der Waals surface area contributed by atoms with E-state index in [4.69, 9.17) is 10.3 Å². The smallest absolute Gasteiger partial charge is 0.257 e. The number of hydrogen-bond acceptors (Lipinski definition) is 6. The van der Waals surface area contributed by atoms with Gasteiger partial charge in [0, 0.05) is 11.3 Å². The second-order valence-corrected chi connectivity index (χ2v) is 5.70. The normalized spacial score (nSPS) is 16.2. The molecule has 0 saturated heterocycles. The lowest BCUT2D eigenvalue weighted by Gasteiger charge is -2.17. The maximum atomic E-state index is 6.36. The van der Waals surface area contributed by atoms with Crippen LogP contribution in [0.3, 0.4) is 0 Å². The second-order valence-electron chi connectivity index (χ2n) is 5.70. The summed E-state index contributed by atoms with van der Waals surface area (Å²) in [6.45, 7) is 0. The van der Waals surface area contributed by atoms with E-state index in [0.29, 0.717) is 11.7 Å². The third-order valence-corrected chi connectivity index (χ3v) is 4.20. The summed E-state index contributed by atoms with van der Waals surface area (Å²) in [5, 5.41) is 11.7. The van der Waals surface area contributed by atoms with Gasteiger partial charge in [-0.25, -0.2) is 0 Å². The van der Waals surface area contributed by atoms with E-state index in [1.807, 2.05) is 28.8 Å². The van der Waals surface area contributed by atoms with Gasteiger partial charge >= 0.3 is 0 Å². The molecule has 120 valence electrons. The number of benzene rings is 1. The van der Waals surface area contributed by atoms with Crippen LogP contribution in [0.5, 0.6) is 0 Å². The van der Waals surface area contributed by atoms with E-state index in [2.05, 4.69) is 20.3 Å². The van der Waals surface area contributed by atoms with Crippen LogP contribution < -0.4 is 5.73 Å². The van der Waals surface area contributed by atoms with Gasteiger partial charge in [-0.1, -0.05) is 18.0 Å². The lowest BCUT2D eigenvalue weighted by Crippen LogP contribution is -2.34. The van der Waals surface area contributed by atoms with E-state index in [0.717, 1.165) is 36.9 Å². The van der Waals surface area contributed by atoms with Crippen LogP contribution in [-0.2, 0) is 5.54 Å². The Hall–Kier alpha value is -2.25. The van der Waals surface area contributed by atoms with Gasteiger partial charge in [0.15, 0.2) is 5.82 Å². The molecule has 0 amide bonds. The average Bonchev–Trinajstić information content (AvgIpc) is 3.29. The third-order valence-electron chi connectivity index (χ3n) is 4.20. The van der Waals surface area contributed by atoms with Gasteiger partial charge < -0.3 is 10.3 Å². The van der Waals surface area contributed by atoms with Crippen molar-refractivity contribution < 1.29 is 4.52 Å². The van der Waals surface area contributed by atoms with Crippen molar-refractivity contribution in [3.8, 4) is 17.1 Å². The Morgan fingerprint density at radius 3 is 2.35 bits per heavy atom. The number of nitrogens with two attached hydrogens (primary N) is 1. The highest BCUT2D eigenvalue weighted by molar-refractivity contribution is 5.85. The van der Waals surface area contributed by atoms with Crippen molar-refractivity contribution in [2.75, 3.05) is 0 Å². The van der Waals surface area contributed by atoms with Crippen molar-refractivity contribution in [1.82, 2.24) is 24.9 Å². The average molecular weight is 333 g/mol. The maximum Gasteiger partial charge on any atom is 0.257 e. The predicted molar refractivity (Wildman–Crippen MR) is 86.2 cm³/mol. The molecule has 3 aromatic rings. The molecule has 1 fully saturated rings. The van der Waals surface area contributed by atoms with E-state index in [9.17, 15) is 0 Å². The first-order chi connectivity index (χ1) is 10.7. The minimum atomic E-state index is -0.426. The number of halogens is 1. The number of aromatic nitrogens is 5. The van der Waals surface area contributed by atoms with Gasteiger partial charge in [0.1, 0.15) is 12.7 Å². The van der Waals surface area contributed by atoms with Gasteiger partial charge in [-0.3, -0.25) is 4.57 Å². The first kappa shape index (κ1) is 15.6. The van der Waals surface area contributed by atoms with Crippen LogP contribution in [0, 0.1) is 0 Å². The molecule has 1 saturated carbocycles. The summed E-state index contributed by atoms with van der Waals surface area (Å²) in [4.78, 5) is 4.49. The second kappa shape index (κ2) is 6.10. The molecule has 0 radical (unpaired) electrons. The fourth-order valence-corrected chi connectivity index (χ4v) is 2.88. The van der Waals surface area contributed by atoms with Crippen LogP contribution in [0.1, 0.15) is 31.5 Å². The Bertz CT molecular complexity index is 762. The number of nitrogens with zero attached hydrogens (tertiary/aromatic N) is 5. The quantitative estimate of drug-likeness (QED) is 0.791. The topological polar surface area (TPSA) is 95.7 Å². The zero-order chi connectivity index (χ0) is 15.0. The summed E-state index contributed by atoms with van der Waals surface area (Å²) in [5.74, 6) is 1.12. The lowest BCUT2D eigenvalue weighted by molar-refractivity contribution is 0.372. The summed E-state index contributed by atoms with van der Waals surface area (Å²) < 4.78 is 7.22. The van der Waals surface area contributed by atoms with Crippen LogP contribution in [0.15, 0.2) is 41.4 Å². The van der Waals surface area contributed by atoms with E-state index in [1.165, 1.54) is 0 Å². The maximum absolute atomic E-state index is 6.36. The van der Waals surface area contributed by atoms with E-state index < -0.39 is 5.54 Å². The molecular formula is C15H17ClN6O. The molecular weight excluding hydrogens is 316 g/mol. The number of rotatable bonds is 3. The molecule has 2 aromatic heterocycles. The zero-order valence-electron chi connectivity index (χ0n) is 12.4. The van der Waals surface area contributed by atoms with Crippen LogP contribution in [-0.4, -0.2) is 24.9 Å².